The van der Waals surface area contributed by atoms with Crippen LogP contribution in [0.25, 0.3) is 5.69 Å². The molecule has 1 aromatic carbocycles. The Balaban J connectivity index is 1.39. The van der Waals surface area contributed by atoms with Crippen molar-refractivity contribution in [2.75, 3.05) is 20.1 Å². The lowest BCUT2D eigenvalue weighted by Crippen LogP contribution is -2.40. The van der Waals surface area contributed by atoms with Crippen molar-refractivity contribution in [2.45, 2.75) is 44.2 Å². The first-order valence-electron chi connectivity index (χ1n) is 9.91. The van der Waals surface area contributed by atoms with Gasteiger partial charge in [-0.1, -0.05) is 11.6 Å². The number of carbonyl (C=O) groups is 1. The number of carbonyl (C=O) groups excluding carboxylic acids is 1. The summed E-state index contributed by atoms with van der Waals surface area (Å²) >= 11 is 6.21. The van der Waals surface area contributed by atoms with Crippen LogP contribution < -0.4 is 0 Å². The predicted molar refractivity (Wildman–Crippen MR) is 103 cm³/mol. The van der Waals surface area contributed by atoms with Gasteiger partial charge in [-0.25, -0.2) is 8.78 Å². The van der Waals surface area contributed by atoms with Crippen molar-refractivity contribution in [2.24, 2.45) is 5.92 Å². The fourth-order valence-electron chi connectivity index (χ4n) is 4.51. The standard InChI is InChI=1S/C20H22ClF2N5O/c1-26-10-13-8-14(21)2-3-16(13)28-17(11-26)24-25-18(28)12-4-6-27(7-5-12)19(29)15-9-20(15,22)23/h2-3,8,12,15H,4-7,9-11H2,1H3. The number of halogens is 3. The number of hydrogen-bond donors (Lipinski definition) is 0. The number of hydrogen-bond acceptors (Lipinski definition) is 4. The van der Waals surface area contributed by atoms with Gasteiger partial charge >= 0.3 is 0 Å². The predicted octanol–water partition coefficient (Wildman–Crippen LogP) is 3.23. The number of nitrogens with zero attached hydrogens (tertiary/aromatic N) is 5. The average molecular weight is 422 g/mol. The maximum atomic E-state index is 13.2. The van der Waals surface area contributed by atoms with Crippen molar-refractivity contribution >= 4 is 17.5 Å². The van der Waals surface area contributed by atoms with E-state index < -0.39 is 17.7 Å². The third-order valence-corrected chi connectivity index (χ3v) is 6.42. The normalized spacial score (nSPS) is 24.0. The van der Waals surface area contributed by atoms with E-state index in [0.717, 1.165) is 29.4 Å². The molecule has 154 valence electrons. The number of amides is 1. The van der Waals surface area contributed by atoms with Crippen molar-refractivity contribution in [1.82, 2.24) is 24.6 Å². The van der Waals surface area contributed by atoms with Crippen LogP contribution >= 0.6 is 11.6 Å². The minimum Gasteiger partial charge on any atom is -0.342 e. The first kappa shape index (κ1) is 18.9. The molecule has 1 aromatic heterocycles. The molecular weight excluding hydrogens is 400 g/mol. The topological polar surface area (TPSA) is 54.3 Å². The van der Waals surface area contributed by atoms with Crippen molar-refractivity contribution in [1.29, 1.82) is 0 Å². The zero-order valence-corrected chi connectivity index (χ0v) is 16.9. The Kier molecular flexibility index (Phi) is 4.40. The second-order valence-corrected chi connectivity index (χ2v) is 8.81. The second kappa shape index (κ2) is 6.74. The van der Waals surface area contributed by atoms with Gasteiger partial charge in [0.15, 0.2) is 5.82 Å². The van der Waals surface area contributed by atoms with Crippen molar-refractivity contribution in [3.05, 3.63) is 40.4 Å². The van der Waals surface area contributed by atoms with E-state index in [2.05, 4.69) is 19.7 Å². The fraction of sp³-hybridized carbons (Fsp3) is 0.550. The third kappa shape index (κ3) is 3.32. The number of rotatable bonds is 2. The molecule has 1 aliphatic carbocycles. The first-order chi connectivity index (χ1) is 13.8. The van der Waals surface area contributed by atoms with Gasteiger partial charge in [0, 0.05) is 37.0 Å². The van der Waals surface area contributed by atoms with E-state index in [0.29, 0.717) is 37.5 Å². The molecule has 9 heteroatoms. The Morgan fingerprint density at radius 1 is 1.21 bits per heavy atom. The number of piperidine rings is 1. The van der Waals surface area contributed by atoms with Crippen LogP contribution in [0, 0.1) is 5.92 Å². The maximum Gasteiger partial charge on any atom is 0.260 e. The second-order valence-electron chi connectivity index (χ2n) is 8.37. The van der Waals surface area contributed by atoms with E-state index in [1.54, 1.807) is 4.90 Å². The van der Waals surface area contributed by atoms with Gasteiger partial charge in [-0.05, 0) is 43.7 Å². The molecule has 1 saturated heterocycles. The van der Waals surface area contributed by atoms with Gasteiger partial charge in [0.2, 0.25) is 5.91 Å². The number of aromatic nitrogens is 3. The highest BCUT2D eigenvalue weighted by Gasteiger charge is 2.62. The Labute approximate surface area is 172 Å². The molecule has 2 fully saturated rings. The van der Waals surface area contributed by atoms with E-state index in [9.17, 15) is 13.6 Å². The average Bonchev–Trinajstić information content (AvgIpc) is 3.18. The molecule has 0 spiro atoms. The summed E-state index contributed by atoms with van der Waals surface area (Å²) in [4.78, 5) is 16.0. The molecule has 5 rings (SSSR count). The quantitative estimate of drug-likeness (QED) is 0.747. The Morgan fingerprint density at radius 3 is 2.62 bits per heavy atom. The highest BCUT2D eigenvalue weighted by Crippen LogP contribution is 2.50. The lowest BCUT2D eigenvalue weighted by Gasteiger charge is -2.32. The van der Waals surface area contributed by atoms with Gasteiger partial charge in [-0.15, -0.1) is 10.2 Å². The summed E-state index contributed by atoms with van der Waals surface area (Å²) in [5, 5.41) is 9.62. The molecule has 1 amide bonds. The number of benzene rings is 1. The van der Waals surface area contributed by atoms with Crippen molar-refractivity contribution in [3.63, 3.8) is 0 Å². The van der Waals surface area contributed by atoms with Gasteiger partial charge in [-0.2, -0.15) is 0 Å². The molecule has 6 nitrogen and oxygen atoms in total. The number of likely N-dealkylation sites (tertiary alicyclic amines) is 1. The largest absolute Gasteiger partial charge is 0.342 e. The van der Waals surface area contributed by atoms with Gasteiger partial charge in [-0.3, -0.25) is 14.3 Å². The molecule has 3 heterocycles. The minimum absolute atomic E-state index is 0.131. The summed E-state index contributed by atoms with van der Waals surface area (Å²) in [6.07, 6.45) is 1.08. The van der Waals surface area contributed by atoms with E-state index in [1.165, 1.54) is 0 Å². The molecule has 0 N–H and O–H groups in total. The summed E-state index contributed by atoms with van der Waals surface area (Å²) < 4.78 is 28.6. The molecule has 1 unspecified atom stereocenters. The third-order valence-electron chi connectivity index (χ3n) is 6.18. The Morgan fingerprint density at radius 2 is 1.93 bits per heavy atom. The molecule has 0 radical (unpaired) electrons. The van der Waals surface area contributed by atoms with E-state index in [1.807, 2.05) is 25.2 Å². The highest BCUT2D eigenvalue weighted by atomic mass is 35.5. The van der Waals surface area contributed by atoms with Gasteiger partial charge in [0.05, 0.1) is 12.2 Å². The molecule has 0 bridgehead atoms. The van der Waals surface area contributed by atoms with Crippen LogP contribution in [0.15, 0.2) is 18.2 Å². The van der Waals surface area contributed by atoms with Crippen LogP contribution in [-0.2, 0) is 17.9 Å². The van der Waals surface area contributed by atoms with Crippen LogP contribution in [0.4, 0.5) is 8.78 Å². The smallest absolute Gasteiger partial charge is 0.260 e. The summed E-state index contributed by atoms with van der Waals surface area (Å²) in [6.45, 7) is 2.39. The zero-order chi connectivity index (χ0) is 20.3. The molecule has 1 atom stereocenters. The number of alkyl halides is 2. The summed E-state index contributed by atoms with van der Waals surface area (Å²) in [5.41, 5.74) is 2.15. The summed E-state index contributed by atoms with van der Waals surface area (Å²) in [6, 6.07) is 5.85. The molecule has 29 heavy (non-hydrogen) atoms. The molecule has 2 aromatic rings. The summed E-state index contributed by atoms with van der Waals surface area (Å²) in [7, 11) is 2.03. The Bertz CT molecular complexity index is 970. The lowest BCUT2D eigenvalue weighted by molar-refractivity contribution is -0.135. The van der Waals surface area contributed by atoms with Gasteiger partial charge < -0.3 is 4.90 Å². The maximum absolute atomic E-state index is 13.2. The summed E-state index contributed by atoms with van der Waals surface area (Å²) in [5.74, 6) is -2.45. The molecular formula is C20H22ClF2N5O. The monoisotopic (exact) mass is 421 g/mol. The lowest BCUT2D eigenvalue weighted by atomic mass is 9.95. The van der Waals surface area contributed by atoms with Crippen LogP contribution in [0.3, 0.4) is 0 Å². The number of fused-ring (bicyclic) bond motifs is 3. The molecule has 2 aliphatic heterocycles. The highest BCUT2D eigenvalue weighted by molar-refractivity contribution is 6.30. The Hall–Kier alpha value is -2.06. The SMILES string of the molecule is CN1Cc2cc(Cl)ccc2-n2c(nnc2C2CCN(C(=O)C3CC3(F)F)CC2)C1. The molecule has 1 saturated carbocycles. The minimum atomic E-state index is -2.81. The van der Waals surface area contributed by atoms with Crippen LogP contribution in [-0.4, -0.2) is 56.5 Å². The van der Waals surface area contributed by atoms with Crippen molar-refractivity contribution < 1.29 is 13.6 Å². The van der Waals surface area contributed by atoms with Crippen molar-refractivity contribution in [3.8, 4) is 5.69 Å². The van der Waals surface area contributed by atoms with Gasteiger partial charge in [0.25, 0.3) is 5.92 Å². The van der Waals surface area contributed by atoms with Crippen LogP contribution in [0.2, 0.25) is 5.02 Å². The van der Waals surface area contributed by atoms with Crippen LogP contribution in [0.5, 0.6) is 0 Å². The first-order valence-corrected chi connectivity index (χ1v) is 10.3. The van der Waals surface area contributed by atoms with E-state index >= 15 is 0 Å². The fourth-order valence-corrected chi connectivity index (χ4v) is 4.70. The zero-order valence-electron chi connectivity index (χ0n) is 16.1. The van der Waals surface area contributed by atoms with E-state index in [-0.39, 0.29) is 12.3 Å². The molecule has 3 aliphatic rings. The van der Waals surface area contributed by atoms with Crippen LogP contribution in [0.1, 0.15) is 42.4 Å². The van der Waals surface area contributed by atoms with Gasteiger partial charge in [0.1, 0.15) is 11.7 Å². The van der Waals surface area contributed by atoms with E-state index in [4.69, 9.17) is 11.6 Å².